The third-order valence-electron chi connectivity index (χ3n) is 2.16. The van der Waals surface area contributed by atoms with Gasteiger partial charge in [0.25, 0.3) is 0 Å². The molecule has 66 valence electrons. The van der Waals surface area contributed by atoms with Crippen molar-refractivity contribution in [3.05, 3.63) is 30.0 Å². The Balaban J connectivity index is 2.70. The standard InChI is InChI=1S/C10H10N2O/c1-7-2-3-9(12-6-13)10-8(7)4-5-11-10/h2-6,11H,1H3,(H,12,13). The molecule has 13 heavy (non-hydrogen) atoms. The van der Waals surface area contributed by atoms with Crippen molar-refractivity contribution in [2.24, 2.45) is 0 Å². The zero-order valence-corrected chi connectivity index (χ0v) is 7.29. The van der Waals surface area contributed by atoms with Crippen molar-refractivity contribution in [3.63, 3.8) is 0 Å². The highest BCUT2D eigenvalue weighted by Gasteiger charge is 2.02. The fourth-order valence-electron chi connectivity index (χ4n) is 1.49. The second kappa shape index (κ2) is 2.94. The van der Waals surface area contributed by atoms with E-state index >= 15 is 0 Å². The highest BCUT2D eigenvalue weighted by molar-refractivity contribution is 5.96. The number of nitrogens with one attached hydrogen (secondary N) is 2. The van der Waals surface area contributed by atoms with E-state index in [4.69, 9.17) is 0 Å². The first kappa shape index (κ1) is 7.86. The van der Waals surface area contributed by atoms with E-state index in [1.807, 2.05) is 31.3 Å². The van der Waals surface area contributed by atoms with Crippen LogP contribution < -0.4 is 5.32 Å². The highest BCUT2D eigenvalue weighted by Crippen LogP contribution is 2.24. The number of aromatic amines is 1. The van der Waals surface area contributed by atoms with Crippen molar-refractivity contribution in [1.29, 1.82) is 0 Å². The summed E-state index contributed by atoms with van der Waals surface area (Å²) in [5, 5.41) is 3.80. The van der Waals surface area contributed by atoms with Crippen molar-refractivity contribution in [3.8, 4) is 0 Å². The topological polar surface area (TPSA) is 44.9 Å². The van der Waals surface area contributed by atoms with Crippen LogP contribution in [0.2, 0.25) is 0 Å². The molecule has 1 amide bonds. The van der Waals surface area contributed by atoms with Gasteiger partial charge in [-0.3, -0.25) is 4.79 Å². The number of hydrogen-bond acceptors (Lipinski definition) is 1. The van der Waals surface area contributed by atoms with Gasteiger partial charge in [-0.1, -0.05) is 6.07 Å². The Labute approximate surface area is 75.8 Å². The summed E-state index contributed by atoms with van der Waals surface area (Å²) in [6, 6.07) is 5.88. The van der Waals surface area contributed by atoms with Gasteiger partial charge in [0.2, 0.25) is 6.41 Å². The largest absolute Gasteiger partial charge is 0.359 e. The normalized spacial score (nSPS) is 10.2. The van der Waals surface area contributed by atoms with E-state index in [0.29, 0.717) is 6.41 Å². The van der Waals surface area contributed by atoms with Gasteiger partial charge in [0.15, 0.2) is 0 Å². The molecular formula is C10H10N2O. The number of carbonyl (C=O) groups is 1. The Morgan fingerprint density at radius 1 is 1.38 bits per heavy atom. The van der Waals surface area contributed by atoms with Gasteiger partial charge < -0.3 is 10.3 Å². The molecule has 0 aliphatic carbocycles. The summed E-state index contributed by atoms with van der Waals surface area (Å²) < 4.78 is 0. The lowest BCUT2D eigenvalue weighted by Crippen LogP contribution is -1.94. The molecule has 1 aromatic heterocycles. The first-order valence-corrected chi connectivity index (χ1v) is 4.10. The molecule has 0 spiro atoms. The summed E-state index contributed by atoms with van der Waals surface area (Å²) in [5.41, 5.74) is 3.00. The summed E-state index contributed by atoms with van der Waals surface area (Å²) in [6.45, 7) is 2.04. The van der Waals surface area contributed by atoms with Crippen LogP contribution in [0, 0.1) is 6.92 Å². The third kappa shape index (κ3) is 1.18. The van der Waals surface area contributed by atoms with Crippen LogP contribution in [0.5, 0.6) is 0 Å². The molecule has 0 bridgehead atoms. The number of rotatable bonds is 2. The Bertz CT molecular complexity index is 445. The van der Waals surface area contributed by atoms with Crippen molar-refractivity contribution in [2.45, 2.75) is 6.92 Å². The SMILES string of the molecule is Cc1ccc(NC=O)c2[nH]ccc12. The Kier molecular flexibility index (Phi) is 1.77. The minimum Gasteiger partial charge on any atom is -0.359 e. The smallest absolute Gasteiger partial charge is 0.211 e. The minimum absolute atomic E-state index is 0.685. The second-order valence-electron chi connectivity index (χ2n) is 2.96. The molecule has 0 fully saturated rings. The van der Waals surface area contributed by atoms with E-state index in [1.165, 1.54) is 5.56 Å². The molecule has 2 aromatic rings. The number of carbonyl (C=O) groups excluding carboxylic acids is 1. The molecule has 0 aliphatic heterocycles. The number of benzene rings is 1. The number of hydrogen-bond donors (Lipinski definition) is 2. The molecule has 1 aromatic carbocycles. The molecule has 2 N–H and O–H groups in total. The number of aromatic nitrogens is 1. The molecule has 1 heterocycles. The quantitative estimate of drug-likeness (QED) is 0.672. The van der Waals surface area contributed by atoms with Crippen LogP contribution in [-0.4, -0.2) is 11.4 Å². The third-order valence-corrected chi connectivity index (χ3v) is 2.16. The summed E-state index contributed by atoms with van der Waals surface area (Å²) in [5.74, 6) is 0. The van der Waals surface area contributed by atoms with Gasteiger partial charge in [0.05, 0.1) is 11.2 Å². The van der Waals surface area contributed by atoms with E-state index in [0.717, 1.165) is 16.6 Å². The van der Waals surface area contributed by atoms with Crippen molar-refractivity contribution in [2.75, 3.05) is 5.32 Å². The molecule has 0 unspecified atom stereocenters. The van der Waals surface area contributed by atoms with Crippen LogP contribution >= 0.6 is 0 Å². The first-order chi connectivity index (χ1) is 6.33. The maximum atomic E-state index is 10.3. The lowest BCUT2D eigenvalue weighted by atomic mass is 10.1. The molecule has 0 saturated carbocycles. The molecule has 0 saturated heterocycles. The molecule has 0 aliphatic rings. The fraction of sp³-hybridized carbons (Fsp3) is 0.100. The Morgan fingerprint density at radius 2 is 2.23 bits per heavy atom. The van der Waals surface area contributed by atoms with Gasteiger partial charge in [-0.15, -0.1) is 0 Å². The van der Waals surface area contributed by atoms with Gasteiger partial charge in [-0.2, -0.15) is 0 Å². The Hall–Kier alpha value is -1.77. The van der Waals surface area contributed by atoms with E-state index in [1.54, 1.807) is 0 Å². The van der Waals surface area contributed by atoms with Crippen LogP contribution in [0.15, 0.2) is 24.4 Å². The lowest BCUT2D eigenvalue weighted by Gasteiger charge is -2.02. The average Bonchev–Trinajstić information content (AvgIpc) is 2.59. The zero-order chi connectivity index (χ0) is 9.26. The molecule has 2 rings (SSSR count). The minimum atomic E-state index is 0.685. The van der Waals surface area contributed by atoms with Gasteiger partial charge in [0.1, 0.15) is 0 Å². The number of anilines is 1. The van der Waals surface area contributed by atoms with Gasteiger partial charge in [-0.05, 0) is 24.6 Å². The van der Waals surface area contributed by atoms with Crippen LogP contribution in [0.1, 0.15) is 5.56 Å². The molecule has 0 radical (unpaired) electrons. The molecular weight excluding hydrogens is 164 g/mol. The van der Waals surface area contributed by atoms with E-state index in [2.05, 4.69) is 10.3 Å². The fourth-order valence-corrected chi connectivity index (χ4v) is 1.49. The second-order valence-corrected chi connectivity index (χ2v) is 2.96. The monoisotopic (exact) mass is 174 g/mol. The van der Waals surface area contributed by atoms with Crippen molar-refractivity contribution in [1.82, 2.24) is 4.98 Å². The summed E-state index contributed by atoms with van der Waals surface area (Å²) >= 11 is 0. The van der Waals surface area contributed by atoms with Crippen LogP contribution in [-0.2, 0) is 4.79 Å². The molecule has 3 heteroatoms. The predicted molar refractivity (Wildman–Crippen MR) is 52.7 cm³/mol. The van der Waals surface area contributed by atoms with E-state index < -0.39 is 0 Å². The van der Waals surface area contributed by atoms with Gasteiger partial charge in [0, 0.05) is 11.6 Å². The maximum absolute atomic E-state index is 10.3. The van der Waals surface area contributed by atoms with Crippen molar-refractivity contribution >= 4 is 23.0 Å². The van der Waals surface area contributed by atoms with Crippen LogP contribution in [0.3, 0.4) is 0 Å². The summed E-state index contributed by atoms with van der Waals surface area (Å²) in [6.07, 6.45) is 2.55. The van der Waals surface area contributed by atoms with Crippen LogP contribution in [0.4, 0.5) is 5.69 Å². The highest BCUT2D eigenvalue weighted by atomic mass is 16.1. The molecule has 3 nitrogen and oxygen atoms in total. The summed E-state index contributed by atoms with van der Waals surface area (Å²) in [7, 11) is 0. The lowest BCUT2D eigenvalue weighted by molar-refractivity contribution is -0.105. The van der Waals surface area contributed by atoms with Crippen LogP contribution in [0.25, 0.3) is 10.9 Å². The number of amides is 1. The summed E-state index contributed by atoms with van der Waals surface area (Å²) in [4.78, 5) is 13.4. The molecule has 0 atom stereocenters. The maximum Gasteiger partial charge on any atom is 0.211 e. The predicted octanol–water partition coefficient (Wildman–Crippen LogP) is 2.04. The van der Waals surface area contributed by atoms with E-state index in [9.17, 15) is 4.79 Å². The number of fused-ring (bicyclic) bond motifs is 1. The zero-order valence-electron chi connectivity index (χ0n) is 7.29. The number of H-pyrrole nitrogens is 1. The van der Waals surface area contributed by atoms with E-state index in [-0.39, 0.29) is 0 Å². The number of aryl methyl sites for hydroxylation is 1. The first-order valence-electron chi connectivity index (χ1n) is 4.10. The van der Waals surface area contributed by atoms with Crippen molar-refractivity contribution < 1.29 is 4.79 Å². The average molecular weight is 174 g/mol. The Morgan fingerprint density at radius 3 is 3.00 bits per heavy atom. The van der Waals surface area contributed by atoms with Gasteiger partial charge in [-0.25, -0.2) is 0 Å². The van der Waals surface area contributed by atoms with Gasteiger partial charge >= 0.3 is 0 Å².